The number of carbonyl (C=O) groups is 1. The van der Waals surface area contributed by atoms with E-state index in [1.54, 1.807) is 13.2 Å². The van der Waals surface area contributed by atoms with Crippen molar-refractivity contribution in [1.29, 1.82) is 0 Å². The Bertz CT molecular complexity index is 1000. The predicted octanol–water partition coefficient (Wildman–Crippen LogP) is 5.55. The van der Waals surface area contributed by atoms with Crippen LogP contribution in [0.25, 0.3) is 11.1 Å². The highest BCUT2D eigenvalue weighted by Crippen LogP contribution is 2.44. The number of likely N-dealkylation sites (tertiary alicyclic amines) is 1. The highest BCUT2D eigenvalue weighted by atomic mass is 19.1. The summed E-state index contributed by atoms with van der Waals surface area (Å²) in [6.07, 6.45) is 4.44. The quantitative estimate of drug-likeness (QED) is 0.299. The normalized spacial score (nSPS) is 18.3. The van der Waals surface area contributed by atoms with Gasteiger partial charge in [0, 0.05) is 50.9 Å². The van der Waals surface area contributed by atoms with Crippen molar-refractivity contribution in [2.75, 3.05) is 40.4 Å². The second-order valence-electron chi connectivity index (χ2n) is 11.0. The first-order chi connectivity index (χ1) is 18.3. The lowest BCUT2D eigenvalue weighted by Gasteiger charge is -2.44. The molecule has 1 saturated heterocycles. The molecule has 3 unspecified atom stereocenters. The van der Waals surface area contributed by atoms with Crippen molar-refractivity contribution in [2.24, 2.45) is 11.8 Å². The first-order valence-corrected chi connectivity index (χ1v) is 14.1. The van der Waals surface area contributed by atoms with Crippen LogP contribution in [0.2, 0.25) is 0 Å². The maximum Gasteiger partial charge on any atom is 0.317 e. The van der Waals surface area contributed by atoms with Crippen LogP contribution in [0.15, 0.2) is 48.5 Å². The Kier molecular flexibility index (Phi) is 11.6. The van der Waals surface area contributed by atoms with Crippen LogP contribution in [0.1, 0.15) is 57.9 Å². The molecule has 2 aromatic rings. The van der Waals surface area contributed by atoms with Gasteiger partial charge in [-0.1, -0.05) is 56.3 Å². The first kappa shape index (κ1) is 30.1. The van der Waals surface area contributed by atoms with Gasteiger partial charge in [-0.05, 0) is 68.7 Å². The summed E-state index contributed by atoms with van der Waals surface area (Å²) in [6.45, 7) is 6.68. The van der Waals surface area contributed by atoms with Crippen molar-refractivity contribution in [3.05, 3.63) is 59.9 Å². The van der Waals surface area contributed by atoms with E-state index in [1.807, 2.05) is 48.3 Å². The van der Waals surface area contributed by atoms with Gasteiger partial charge in [0.1, 0.15) is 5.82 Å². The molecular weight excluding hydrogens is 481 g/mol. The third-order valence-electron chi connectivity index (χ3n) is 7.62. The van der Waals surface area contributed by atoms with Gasteiger partial charge >= 0.3 is 6.03 Å². The van der Waals surface area contributed by atoms with Crippen LogP contribution in [0, 0.1) is 17.7 Å². The van der Waals surface area contributed by atoms with Crippen LogP contribution in [0.5, 0.6) is 0 Å². The molecule has 1 aliphatic rings. The van der Waals surface area contributed by atoms with Gasteiger partial charge in [-0.25, -0.2) is 9.18 Å². The number of benzene rings is 2. The third kappa shape index (κ3) is 7.78. The van der Waals surface area contributed by atoms with Crippen molar-refractivity contribution in [2.45, 2.75) is 64.0 Å². The number of carbonyl (C=O) groups excluding carboxylic acids is 1. The summed E-state index contributed by atoms with van der Waals surface area (Å²) in [5.74, 6) is -0.107. The number of likely N-dealkylation sites (N-methyl/N-ethyl adjacent to an activating group) is 1. The van der Waals surface area contributed by atoms with Crippen molar-refractivity contribution in [3.63, 3.8) is 0 Å². The number of rotatable bonds is 13. The van der Waals surface area contributed by atoms with Gasteiger partial charge in [-0.3, -0.25) is 0 Å². The van der Waals surface area contributed by atoms with Gasteiger partial charge in [0.25, 0.3) is 0 Å². The molecule has 0 radical (unpaired) electrons. The minimum absolute atomic E-state index is 0.0358. The first-order valence-electron chi connectivity index (χ1n) is 14.1. The largest absolute Gasteiger partial charge is 0.385 e. The number of amides is 2. The fraction of sp³-hybridized carbons (Fsp3) is 0.581. The summed E-state index contributed by atoms with van der Waals surface area (Å²) in [7, 11) is 3.56. The molecule has 2 amide bonds. The molecule has 1 fully saturated rings. The van der Waals surface area contributed by atoms with Gasteiger partial charge in [-0.15, -0.1) is 0 Å². The Hall–Kier alpha value is -2.48. The number of hydrogen-bond donors (Lipinski definition) is 3. The number of unbranched alkanes of at least 4 members (excludes halogenated alkanes) is 1. The smallest absolute Gasteiger partial charge is 0.317 e. The molecule has 0 saturated carbocycles. The second-order valence-corrected chi connectivity index (χ2v) is 11.0. The molecule has 0 aliphatic carbocycles. The highest BCUT2D eigenvalue weighted by molar-refractivity contribution is 5.75. The molecule has 7 heteroatoms. The van der Waals surface area contributed by atoms with Gasteiger partial charge in [0.15, 0.2) is 0 Å². The molecule has 38 heavy (non-hydrogen) atoms. The molecule has 3 atom stereocenters. The zero-order chi connectivity index (χ0) is 27.5. The standard InChI is InChI=1S/C31H46FN3O3/c1-23(2)20-26(21-33-3)34-30(36)35-18-11-14-25(22-35)31(37,17-8-9-19-38-4)27-15-10-16-28(32)29(27)24-12-6-5-7-13-24/h5-7,10,12-13,15-16,23,25-26,33,37H,8-9,11,14,17-22H2,1-4H3,(H,34,36). The maximum atomic E-state index is 15.4. The van der Waals surface area contributed by atoms with Crippen LogP contribution >= 0.6 is 0 Å². The van der Waals surface area contributed by atoms with Gasteiger partial charge in [0.05, 0.1) is 5.60 Å². The Morgan fingerprint density at radius 3 is 2.63 bits per heavy atom. The van der Waals surface area contributed by atoms with E-state index in [0.717, 1.165) is 37.7 Å². The summed E-state index contributed by atoms with van der Waals surface area (Å²) >= 11 is 0. The van der Waals surface area contributed by atoms with Crippen LogP contribution in [0.4, 0.5) is 9.18 Å². The van der Waals surface area contributed by atoms with E-state index < -0.39 is 5.60 Å². The van der Waals surface area contributed by atoms with E-state index in [-0.39, 0.29) is 23.8 Å². The molecule has 0 aromatic heterocycles. The van der Waals surface area contributed by atoms with Crippen LogP contribution in [-0.4, -0.2) is 62.5 Å². The average Bonchev–Trinajstić information content (AvgIpc) is 2.91. The zero-order valence-corrected chi connectivity index (χ0v) is 23.5. The lowest BCUT2D eigenvalue weighted by Crippen LogP contribution is -2.54. The summed E-state index contributed by atoms with van der Waals surface area (Å²) in [5.41, 5.74) is 0.489. The second kappa shape index (κ2) is 14.6. The Labute approximate surface area is 228 Å². The van der Waals surface area contributed by atoms with Crippen molar-refractivity contribution in [3.8, 4) is 11.1 Å². The number of methoxy groups -OCH3 is 1. The number of piperidine rings is 1. The van der Waals surface area contributed by atoms with E-state index in [4.69, 9.17) is 4.74 Å². The fourth-order valence-corrected chi connectivity index (χ4v) is 5.81. The van der Waals surface area contributed by atoms with Crippen LogP contribution in [0.3, 0.4) is 0 Å². The third-order valence-corrected chi connectivity index (χ3v) is 7.62. The monoisotopic (exact) mass is 527 g/mol. The number of urea groups is 1. The minimum Gasteiger partial charge on any atom is -0.385 e. The molecule has 3 N–H and O–H groups in total. The Balaban J connectivity index is 1.92. The van der Waals surface area contributed by atoms with E-state index in [2.05, 4.69) is 24.5 Å². The number of halogens is 1. The van der Waals surface area contributed by atoms with Crippen LogP contribution < -0.4 is 10.6 Å². The van der Waals surface area contributed by atoms with Crippen LogP contribution in [-0.2, 0) is 10.3 Å². The molecule has 0 spiro atoms. The fourth-order valence-electron chi connectivity index (χ4n) is 5.81. The van der Waals surface area contributed by atoms with Gasteiger partial charge < -0.3 is 25.4 Å². The van der Waals surface area contributed by atoms with E-state index >= 15 is 4.39 Å². The number of ether oxygens (including phenoxy) is 1. The molecule has 3 rings (SSSR count). The van der Waals surface area contributed by atoms with Crippen molar-refractivity contribution in [1.82, 2.24) is 15.5 Å². The predicted molar refractivity (Wildman–Crippen MR) is 151 cm³/mol. The lowest BCUT2D eigenvalue weighted by molar-refractivity contribution is -0.0561. The summed E-state index contributed by atoms with van der Waals surface area (Å²) in [4.78, 5) is 15.2. The average molecular weight is 528 g/mol. The SMILES string of the molecule is CNCC(CC(C)C)NC(=O)N1CCCC(C(O)(CCCCOC)c2cccc(F)c2-c2ccccc2)C1. The summed E-state index contributed by atoms with van der Waals surface area (Å²) in [6, 6.07) is 14.4. The Morgan fingerprint density at radius 1 is 1.18 bits per heavy atom. The maximum absolute atomic E-state index is 15.4. The van der Waals surface area contributed by atoms with E-state index in [0.29, 0.717) is 49.7 Å². The Morgan fingerprint density at radius 2 is 1.95 bits per heavy atom. The lowest BCUT2D eigenvalue weighted by atomic mass is 9.72. The molecule has 6 nitrogen and oxygen atoms in total. The summed E-state index contributed by atoms with van der Waals surface area (Å²) < 4.78 is 20.6. The number of aliphatic hydroxyl groups is 1. The minimum atomic E-state index is -1.29. The molecule has 0 bridgehead atoms. The molecular formula is C31H46FN3O3. The summed E-state index contributed by atoms with van der Waals surface area (Å²) in [5, 5.41) is 18.9. The van der Waals surface area contributed by atoms with E-state index in [9.17, 15) is 9.90 Å². The number of hydrogen-bond acceptors (Lipinski definition) is 4. The van der Waals surface area contributed by atoms with Crippen molar-refractivity contribution >= 4 is 6.03 Å². The molecule has 210 valence electrons. The van der Waals surface area contributed by atoms with Gasteiger partial charge in [-0.2, -0.15) is 0 Å². The number of nitrogens with zero attached hydrogens (tertiary/aromatic N) is 1. The molecule has 1 aliphatic heterocycles. The molecule has 2 aromatic carbocycles. The van der Waals surface area contributed by atoms with Crippen molar-refractivity contribution < 1.29 is 19.0 Å². The molecule has 1 heterocycles. The van der Waals surface area contributed by atoms with Gasteiger partial charge in [0.2, 0.25) is 0 Å². The number of nitrogens with one attached hydrogen (secondary N) is 2. The topological polar surface area (TPSA) is 73.8 Å². The highest BCUT2D eigenvalue weighted by Gasteiger charge is 2.43. The van der Waals surface area contributed by atoms with E-state index in [1.165, 1.54) is 6.07 Å². The zero-order valence-electron chi connectivity index (χ0n) is 23.5.